The lowest BCUT2D eigenvalue weighted by atomic mass is 10.1. The van der Waals surface area contributed by atoms with Crippen molar-refractivity contribution >= 4 is 5.91 Å². The van der Waals surface area contributed by atoms with Crippen LogP contribution in [-0.4, -0.2) is 60.6 Å². The van der Waals surface area contributed by atoms with Crippen molar-refractivity contribution in [2.45, 2.75) is 13.0 Å². The third-order valence-corrected chi connectivity index (χ3v) is 5.16. The molecule has 1 aromatic heterocycles. The van der Waals surface area contributed by atoms with Crippen molar-refractivity contribution in [2.24, 2.45) is 0 Å². The van der Waals surface area contributed by atoms with E-state index in [1.807, 2.05) is 60.4 Å². The van der Waals surface area contributed by atoms with Gasteiger partial charge in [-0.05, 0) is 37.3 Å². The molecule has 156 valence electrons. The molecule has 0 N–H and O–H groups in total. The molecule has 0 unspecified atom stereocenters. The Morgan fingerprint density at radius 3 is 2.63 bits per heavy atom. The third kappa shape index (κ3) is 3.89. The van der Waals surface area contributed by atoms with Crippen LogP contribution in [0, 0.1) is 0 Å². The predicted octanol–water partition coefficient (Wildman–Crippen LogP) is 3.42. The first-order chi connectivity index (χ1) is 14.6. The monoisotopic (exact) mass is 407 g/mol. The number of carbonyl (C=O) groups excluding carboxylic acids is 1. The first-order valence-corrected chi connectivity index (χ1v) is 9.89. The van der Waals surface area contributed by atoms with E-state index in [9.17, 15) is 4.79 Å². The zero-order chi connectivity index (χ0) is 21.1. The molecule has 0 saturated carbocycles. The number of amides is 1. The molecule has 7 heteroatoms. The van der Waals surface area contributed by atoms with Crippen molar-refractivity contribution in [3.05, 3.63) is 60.3 Å². The van der Waals surface area contributed by atoms with Gasteiger partial charge in [-0.2, -0.15) is 5.10 Å². The zero-order valence-electron chi connectivity index (χ0n) is 17.4. The van der Waals surface area contributed by atoms with Gasteiger partial charge in [0, 0.05) is 24.8 Å². The highest BCUT2D eigenvalue weighted by Crippen LogP contribution is 2.35. The maximum atomic E-state index is 13.5. The summed E-state index contributed by atoms with van der Waals surface area (Å²) in [5.74, 6) is 1.21. The Morgan fingerprint density at radius 1 is 1.13 bits per heavy atom. The molecular weight excluding hydrogens is 382 g/mol. The molecule has 4 rings (SSSR count). The Kier molecular flexibility index (Phi) is 5.72. The minimum atomic E-state index is -0.0767. The van der Waals surface area contributed by atoms with Gasteiger partial charge in [0.05, 0.1) is 38.2 Å². The molecule has 0 aliphatic carbocycles. The van der Waals surface area contributed by atoms with Gasteiger partial charge in [-0.25, -0.2) is 4.68 Å². The van der Waals surface area contributed by atoms with Crippen LogP contribution in [0.5, 0.6) is 11.5 Å². The van der Waals surface area contributed by atoms with Gasteiger partial charge in [-0.1, -0.05) is 18.2 Å². The Balaban J connectivity index is 1.84. The second kappa shape index (κ2) is 8.59. The van der Waals surface area contributed by atoms with E-state index >= 15 is 0 Å². The van der Waals surface area contributed by atoms with Gasteiger partial charge in [0.15, 0.2) is 0 Å². The number of methoxy groups -OCH3 is 2. The van der Waals surface area contributed by atoms with E-state index in [1.165, 1.54) is 0 Å². The molecule has 2 heterocycles. The highest BCUT2D eigenvalue weighted by Gasteiger charge is 2.28. The van der Waals surface area contributed by atoms with E-state index in [0.29, 0.717) is 48.0 Å². The van der Waals surface area contributed by atoms with E-state index in [4.69, 9.17) is 19.3 Å². The molecule has 1 fully saturated rings. The average molecular weight is 407 g/mol. The predicted molar refractivity (Wildman–Crippen MR) is 113 cm³/mol. The van der Waals surface area contributed by atoms with Crippen LogP contribution < -0.4 is 9.47 Å². The topological polar surface area (TPSA) is 65.8 Å². The smallest absolute Gasteiger partial charge is 0.257 e. The van der Waals surface area contributed by atoms with Crippen LogP contribution in [0.2, 0.25) is 0 Å². The molecule has 30 heavy (non-hydrogen) atoms. The number of para-hydroxylation sites is 1. The van der Waals surface area contributed by atoms with Crippen molar-refractivity contribution in [1.29, 1.82) is 0 Å². The molecule has 1 aliphatic rings. The van der Waals surface area contributed by atoms with Crippen LogP contribution in [0.15, 0.2) is 54.7 Å². The van der Waals surface area contributed by atoms with E-state index in [1.54, 1.807) is 25.1 Å². The fourth-order valence-corrected chi connectivity index (χ4v) is 3.61. The van der Waals surface area contributed by atoms with Gasteiger partial charge >= 0.3 is 0 Å². The average Bonchev–Trinajstić information content (AvgIpc) is 3.24. The summed E-state index contributed by atoms with van der Waals surface area (Å²) in [5, 5.41) is 4.77. The van der Waals surface area contributed by atoms with Crippen molar-refractivity contribution in [2.75, 3.05) is 33.9 Å². The summed E-state index contributed by atoms with van der Waals surface area (Å²) < 4.78 is 18.3. The van der Waals surface area contributed by atoms with E-state index in [2.05, 4.69) is 0 Å². The molecule has 0 spiro atoms. The van der Waals surface area contributed by atoms with Gasteiger partial charge in [0.1, 0.15) is 17.2 Å². The fraction of sp³-hybridized carbons (Fsp3) is 0.304. The summed E-state index contributed by atoms with van der Waals surface area (Å²) in [5.41, 5.74) is 2.64. The first kappa shape index (κ1) is 20.0. The molecule has 3 aromatic rings. The molecule has 0 radical (unpaired) electrons. The SMILES string of the molecule is COc1ccc(OC)c(-c2nn(-c3ccccc3)cc2C(=O)N2CCO[C@@H](C)C2)c1. The van der Waals surface area contributed by atoms with Crippen molar-refractivity contribution in [3.8, 4) is 28.4 Å². The Morgan fingerprint density at radius 2 is 1.93 bits per heavy atom. The maximum Gasteiger partial charge on any atom is 0.257 e. The van der Waals surface area contributed by atoms with Crippen LogP contribution >= 0.6 is 0 Å². The van der Waals surface area contributed by atoms with Gasteiger partial charge < -0.3 is 19.1 Å². The van der Waals surface area contributed by atoms with Crippen LogP contribution in [-0.2, 0) is 4.74 Å². The Bertz CT molecular complexity index is 1030. The summed E-state index contributed by atoms with van der Waals surface area (Å²) in [6.45, 7) is 3.59. The summed E-state index contributed by atoms with van der Waals surface area (Å²) >= 11 is 0. The minimum Gasteiger partial charge on any atom is -0.497 e. The molecule has 2 aromatic carbocycles. The number of rotatable bonds is 5. The molecule has 0 bridgehead atoms. The van der Waals surface area contributed by atoms with Gasteiger partial charge in [0.25, 0.3) is 5.91 Å². The molecular formula is C23H25N3O4. The fourth-order valence-electron chi connectivity index (χ4n) is 3.61. The zero-order valence-corrected chi connectivity index (χ0v) is 17.4. The number of nitrogens with zero attached hydrogens (tertiary/aromatic N) is 3. The lowest BCUT2D eigenvalue weighted by molar-refractivity contribution is -0.0123. The summed E-state index contributed by atoms with van der Waals surface area (Å²) in [6.07, 6.45) is 1.79. The molecule has 1 atom stereocenters. The number of benzene rings is 2. The van der Waals surface area contributed by atoms with Crippen molar-refractivity contribution in [3.63, 3.8) is 0 Å². The highest BCUT2D eigenvalue weighted by atomic mass is 16.5. The number of ether oxygens (including phenoxy) is 3. The van der Waals surface area contributed by atoms with E-state index in [0.717, 1.165) is 5.69 Å². The number of hydrogen-bond acceptors (Lipinski definition) is 5. The van der Waals surface area contributed by atoms with E-state index < -0.39 is 0 Å². The highest BCUT2D eigenvalue weighted by molar-refractivity contribution is 6.00. The molecule has 1 aliphatic heterocycles. The van der Waals surface area contributed by atoms with Gasteiger partial charge in [-0.15, -0.1) is 0 Å². The summed E-state index contributed by atoms with van der Waals surface area (Å²) in [4.78, 5) is 15.3. The second-order valence-corrected chi connectivity index (χ2v) is 7.17. The third-order valence-electron chi connectivity index (χ3n) is 5.16. The Hall–Kier alpha value is -3.32. The van der Waals surface area contributed by atoms with E-state index in [-0.39, 0.29) is 12.0 Å². The number of aromatic nitrogens is 2. The van der Waals surface area contributed by atoms with Gasteiger partial charge in [-0.3, -0.25) is 4.79 Å². The Labute approximate surface area is 175 Å². The largest absolute Gasteiger partial charge is 0.497 e. The van der Waals surface area contributed by atoms with Crippen molar-refractivity contribution < 1.29 is 19.0 Å². The second-order valence-electron chi connectivity index (χ2n) is 7.17. The quantitative estimate of drug-likeness (QED) is 0.648. The summed E-state index contributed by atoms with van der Waals surface area (Å²) in [6, 6.07) is 15.2. The maximum absolute atomic E-state index is 13.5. The van der Waals surface area contributed by atoms with Crippen molar-refractivity contribution in [1.82, 2.24) is 14.7 Å². The number of morpholine rings is 1. The number of hydrogen-bond donors (Lipinski definition) is 0. The molecule has 7 nitrogen and oxygen atoms in total. The molecule has 1 amide bonds. The van der Waals surface area contributed by atoms with Crippen LogP contribution in [0.3, 0.4) is 0 Å². The van der Waals surface area contributed by atoms with Gasteiger partial charge in [0.2, 0.25) is 0 Å². The first-order valence-electron chi connectivity index (χ1n) is 9.89. The lowest BCUT2D eigenvalue weighted by Gasteiger charge is -2.31. The van der Waals surface area contributed by atoms with Crippen LogP contribution in [0.4, 0.5) is 0 Å². The number of carbonyl (C=O) groups is 1. The lowest BCUT2D eigenvalue weighted by Crippen LogP contribution is -2.44. The minimum absolute atomic E-state index is 0.00155. The summed E-state index contributed by atoms with van der Waals surface area (Å²) in [7, 11) is 3.21. The molecule has 1 saturated heterocycles. The van der Waals surface area contributed by atoms with Crippen LogP contribution in [0.25, 0.3) is 16.9 Å². The normalized spacial score (nSPS) is 16.4. The van der Waals surface area contributed by atoms with Crippen LogP contribution in [0.1, 0.15) is 17.3 Å². The standard InChI is InChI=1S/C23H25N3O4/c1-16-14-25(11-12-30-16)23(27)20-15-26(17-7-5-4-6-8-17)24-22(20)19-13-18(28-2)9-10-21(19)29-3/h4-10,13,15-16H,11-12,14H2,1-3H3/t16-/m0/s1.